The first-order valence-electron chi connectivity index (χ1n) is 4.07. The number of nitriles is 1. The van der Waals surface area contributed by atoms with Crippen LogP contribution in [0, 0.1) is 11.3 Å². The Balaban J connectivity index is 2.58. The lowest BCUT2D eigenvalue weighted by Crippen LogP contribution is -2.08. The summed E-state index contributed by atoms with van der Waals surface area (Å²) in [7, 11) is 0. The summed E-state index contributed by atoms with van der Waals surface area (Å²) >= 11 is 0. The fourth-order valence-corrected chi connectivity index (χ4v) is 1.03. The lowest BCUT2D eigenvalue weighted by atomic mass is 10.1. The second kappa shape index (κ2) is 4.14. The molecule has 0 amide bonds. The van der Waals surface area contributed by atoms with Gasteiger partial charge < -0.3 is 0 Å². The van der Waals surface area contributed by atoms with Crippen LogP contribution < -0.4 is 0 Å². The molecule has 0 aromatic heterocycles. The first-order chi connectivity index (χ1) is 6.51. The minimum Gasteiger partial charge on any atom is -0.192 e. The molecule has 74 valence electrons. The zero-order chi connectivity index (χ0) is 10.6. The lowest BCUT2D eigenvalue weighted by Gasteiger charge is -2.05. The summed E-state index contributed by atoms with van der Waals surface area (Å²) in [5.74, 6) is 0. The molecule has 0 aliphatic heterocycles. The van der Waals surface area contributed by atoms with Gasteiger partial charge in [-0.05, 0) is 24.1 Å². The van der Waals surface area contributed by atoms with Crippen LogP contribution >= 0.6 is 0 Å². The highest BCUT2D eigenvalue weighted by Crippen LogP contribution is 2.22. The Morgan fingerprint density at radius 2 is 1.71 bits per heavy atom. The average Bonchev–Trinajstić information content (AvgIpc) is 2.14. The summed E-state index contributed by atoms with van der Waals surface area (Å²) in [6, 6.07) is 8.04. The van der Waals surface area contributed by atoms with Crippen molar-refractivity contribution in [2.45, 2.75) is 19.0 Å². The second-order valence-electron chi connectivity index (χ2n) is 2.92. The molecule has 0 N–H and O–H groups in total. The largest absolute Gasteiger partial charge is 0.389 e. The van der Waals surface area contributed by atoms with E-state index < -0.39 is 12.6 Å². The molecule has 0 aliphatic rings. The van der Waals surface area contributed by atoms with Crippen LogP contribution in [-0.4, -0.2) is 6.18 Å². The Hall–Kier alpha value is -1.50. The fourth-order valence-electron chi connectivity index (χ4n) is 1.03. The minimum absolute atomic E-state index is 0.0325. The smallest absolute Gasteiger partial charge is 0.192 e. The Morgan fingerprint density at radius 1 is 1.14 bits per heavy atom. The molecule has 0 saturated carbocycles. The van der Waals surface area contributed by atoms with Gasteiger partial charge in [-0.15, -0.1) is 0 Å². The van der Waals surface area contributed by atoms with Gasteiger partial charge in [-0.25, -0.2) is 0 Å². The SMILES string of the molecule is N#Cc1ccc(CCC(F)(F)F)cc1. The molecule has 0 fully saturated rings. The number of rotatable bonds is 2. The monoisotopic (exact) mass is 199 g/mol. The van der Waals surface area contributed by atoms with Crippen molar-refractivity contribution in [1.29, 1.82) is 5.26 Å². The van der Waals surface area contributed by atoms with E-state index in [0.717, 1.165) is 0 Å². The fraction of sp³-hybridized carbons (Fsp3) is 0.300. The zero-order valence-electron chi connectivity index (χ0n) is 7.30. The van der Waals surface area contributed by atoms with Gasteiger partial charge in [-0.2, -0.15) is 18.4 Å². The molecule has 4 heteroatoms. The van der Waals surface area contributed by atoms with Crippen LogP contribution in [0.25, 0.3) is 0 Å². The van der Waals surface area contributed by atoms with Crippen LogP contribution in [0.1, 0.15) is 17.5 Å². The van der Waals surface area contributed by atoms with Gasteiger partial charge in [0.2, 0.25) is 0 Å². The highest BCUT2D eigenvalue weighted by atomic mass is 19.4. The first-order valence-corrected chi connectivity index (χ1v) is 4.07. The van der Waals surface area contributed by atoms with Crippen molar-refractivity contribution in [2.24, 2.45) is 0 Å². The third kappa shape index (κ3) is 3.48. The minimum atomic E-state index is -4.12. The Bertz CT molecular complexity index is 332. The standard InChI is InChI=1S/C10H8F3N/c11-10(12,13)6-5-8-1-3-9(7-14)4-2-8/h1-4H,5-6H2. The Kier molecular flexibility index (Phi) is 3.13. The van der Waals surface area contributed by atoms with Gasteiger partial charge in [0.15, 0.2) is 0 Å². The number of alkyl halides is 3. The van der Waals surface area contributed by atoms with E-state index >= 15 is 0 Å². The third-order valence-electron chi connectivity index (χ3n) is 1.78. The van der Waals surface area contributed by atoms with Gasteiger partial charge in [-0.3, -0.25) is 0 Å². The van der Waals surface area contributed by atoms with Crippen molar-refractivity contribution in [3.8, 4) is 6.07 Å². The molecular formula is C10H8F3N. The number of hydrogen-bond acceptors (Lipinski definition) is 1. The maximum absolute atomic E-state index is 11.8. The first kappa shape index (κ1) is 10.6. The molecule has 1 rings (SSSR count). The molecule has 14 heavy (non-hydrogen) atoms. The second-order valence-corrected chi connectivity index (χ2v) is 2.92. The van der Waals surface area contributed by atoms with Crippen LogP contribution in [0.3, 0.4) is 0 Å². The van der Waals surface area contributed by atoms with Crippen LogP contribution in [-0.2, 0) is 6.42 Å². The maximum atomic E-state index is 11.8. The van der Waals surface area contributed by atoms with Crippen molar-refractivity contribution in [3.63, 3.8) is 0 Å². The molecule has 0 aliphatic carbocycles. The highest BCUT2D eigenvalue weighted by molar-refractivity contribution is 5.31. The third-order valence-corrected chi connectivity index (χ3v) is 1.78. The predicted octanol–water partition coefficient (Wildman–Crippen LogP) is 3.05. The summed E-state index contributed by atoms with van der Waals surface area (Å²) in [4.78, 5) is 0. The number of hydrogen-bond donors (Lipinski definition) is 0. The molecule has 1 nitrogen and oxygen atoms in total. The molecule has 0 unspecified atom stereocenters. The molecule has 1 aromatic carbocycles. The number of benzene rings is 1. The van der Waals surface area contributed by atoms with Crippen molar-refractivity contribution in [2.75, 3.05) is 0 Å². The van der Waals surface area contributed by atoms with Crippen LogP contribution in [0.15, 0.2) is 24.3 Å². The number of aryl methyl sites for hydroxylation is 1. The molecule has 0 bridgehead atoms. The lowest BCUT2D eigenvalue weighted by molar-refractivity contribution is -0.133. The summed E-state index contributed by atoms with van der Waals surface area (Å²) in [5, 5.41) is 8.46. The summed E-state index contributed by atoms with van der Waals surface area (Å²) in [6.45, 7) is 0. The van der Waals surface area contributed by atoms with Crippen molar-refractivity contribution >= 4 is 0 Å². The van der Waals surface area contributed by atoms with Crippen LogP contribution in [0.4, 0.5) is 13.2 Å². The van der Waals surface area contributed by atoms with E-state index in [1.54, 1.807) is 12.1 Å². The maximum Gasteiger partial charge on any atom is 0.389 e. The predicted molar refractivity (Wildman–Crippen MR) is 45.5 cm³/mol. The van der Waals surface area contributed by atoms with Crippen LogP contribution in [0.5, 0.6) is 0 Å². The summed E-state index contributed by atoms with van der Waals surface area (Å²) < 4.78 is 35.5. The normalized spacial score (nSPS) is 11.0. The zero-order valence-corrected chi connectivity index (χ0v) is 7.30. The molecule has 0 atom stereocenters. The van der Waals surface area contributed by atoms with Crippen molar-refractivity contribution < 1.29 is 13.2 Å². The van der Waals surface area contributed by atoms with E-state index in [1.807, 2.05) is 6.07 Å². The van der Waals surface area contributed by atoms with Gasteiger partial charge in [-0.1, -0.05) is 12.1 Å². The van der Waals surface area contributed by atoms with E-state index in [2.05, 4.69) is 0 Å². The highest BCUT2D eigenvalue weighted by Gasteiger charge is 2.26. The van der Waals surface area contributed by atoms with Crippen LogP contribution in [0.2, 0.25) is 0 Å². The summed E-state index contributed by atoms with van der Waals surface area (Å²) in [6.07, 6.45) is -4.97. The molecule has 0 radical (unpaired) electrons. The van der Waals surface area contributed by atoms with Gasteiger partial charge in [0, 0.05) is 6.42 Å². The number of nitrogens with zero attached hydrogens (tertiary/aromatic N) is 1. The van der Waals surface area contributed by atoms with E-state index in [-0.39, 0.29) is 6.42 Å². The average molecular weight is 199 g/mol. The molecular weight excluding hydrogens is 191 g/mol. The van der Waals surface area contributed by atoms with Gasteiger partial charge in [0.25, 0.3) is 0 Å². The Morgan fingerprint density at radius 3 is 2.14 bits per heavy atom. The van der Waals surface area contributed by atoms with Gasteiger partial charge >= 0.3 is 6.18 Å². The van der Waals surface area contributed by atoms with Gasteiger partial charge in [0.05, 0.1) is 11.6 Å². The quantitative estimate of drug-likeness (QED) is 0.718. The van der Waals surface area contributed by atoms with E-state index in [0.29, 0.717) is 11.1 Å². The molecule has 0 saturated heterocycles. The summed E-state index contributed by atoms with van der Waals surface area (Å²) in [5.41, 5.74) is 1.06. The number of halogens is 3. The van der Waals surface area contributed by atoms with Crippen molar-refractivity contribution in [3.05, 3.63) is 35.4 Å². The van der Waals surface area contributed by atoms with E-state index in [1.165, 1.54) is 12.1 Å². The van der Waals surface area contributed by atoms with Gasteiger partial charge in [0.1, 0.15) is 0 Å². The topological polar surface area (TPSA) is 23.8 Å². The van der Waals surface area contributed by atoms with E-state index in [4.69, 9.17) is 5.26 Å². The van der Waals surface area contributed by atoms with E-state index in [9.17, 15) is 13.2 Å². The Labute approximate surface area is 79.8 Å². The van der Waals surface area contributed by atoms with Crippen molar-refractivity contribution in [1.82, 2.24) is 0 Å². The molecule has 1 aromatic rings. The molecule has 0 spiro atoms. The molecule has 0 heterocycles.